The van der Waals surface area contributed by atoms with Crippen LogP contribution < -0.4 is 10.6 Å². The van der Waals surface area contributed by atoms with Crippen LogP contribution in [0.5, 0.6) is 0 Å². The molecular formula is C10H19N5O2. The molecule has 0 aliphatic carbocycles. The molecule has 0 amide bonds. The van der Waals surface area contributed by atoms with Gasteiger partial charge in [-0.1, -0.05) is 13.8 Å². The van der Waals surface area contributed by atoms with Crippen molar-refractivity contribution < 1.29 is 4.92 Å². The van der Waals surface area contributed by atoms with Crippen LogP contribution >= 0.6 is 0 Å². The van der Waals surface area contributed by atoms with Gasteiger partial charge in [0.15, 0.2) is 0 Å². The van der Waals surface area contributed by atoms with Gasteiger partial charge in [-0.05, 0) is 9.91 Å². The van der Waals surface area contributed by atoms with Gasteiger partial charge >= 0.3 is 5.82 Å². The molecule has 1 aromatic heterocycles. The first-order chi connectivity index (χ1) is 7.93. The van der Waals surface area contributed by atoms with Crippen LogP contribution in [0.25, 0.3) is 0 Å². The molecule has 0 saturated heterocycles. The SMILES string of the molecule is Cc1nc([N+](=O)[O-])c(NCCNC(C)C)n1C. The van der Waals surface area contributed by atoms with E-state index >= 15 is 0 Å². The van der Waals surface area contributed by atoms with Crippen molar-refractivity contribution in [2.24, 2.45) is 7.05 Å². The minimum absolute atomic E-state index is 0.116. The number of aryl methyl sites for hydroxylation is 1. The second-order valence-corrected chi connectivity index (χ2v) is 4.18. The maximum atomic E-state index is 10.8. The maximum absolute atomic E-state index is 10.8. The number of anilines is 1. The summed E-state index contributed by atoms with van der Waals surface area (Å²) in [7, 11) is 1.76. The Kier molecular flexibility index (Phi) is 4.45. The average molecular weight is 241 g/mol. The van der Waals surface area contributed by atoms with Gasteiger partial charge in [0.05, 0.1) is 0 Å². The zero-order valence-corrected chi connectivity index (χ0v) is 10.6. The molecule has 0 saturated carbocycles. The number of rotatable bonds is 6. The van der Waals surface area contributed by atoms with E-state index in [0.717, 1.165) is 6.54 Å². The Bertz CT molecular complexity index is 400. The van der Waals surface area contributed by atoms with Gasteiger partial charge < -0.3 is 20.7 Å². The Morgan fingerprint density at radius 3 is 2.65 bits per heavy atom. The van der Waals surface area contributed by atoms with E-state index in [1.165, 1.54) is 0 Å². The highest BCUT2D eigenvalue weighted by molar-refractivity contribution is 5.53. The van der Waals surface area contributed by atoms with Gasteiger partial charge in [-0.2, -0.15) is 0 Å². The van der Waals surface area contributed by atoms with Crippen LogP contribution in [-0.2, 0) is 7.05 Å². The van der Waals surface area contributed by atoms with Crippen LogP contribution in [0.3, 0.4) is 0 Å². The van der Waals surface area contributed by atoms with E-state index < -0.39 is 4.92 Å². The topological polar surface area (TPSA) is 85.0 Å². The Hall–Kier alpha value is -1.63. The predicted octanol–water partition coefficient (Wildman–Crippen LogP) is 1.05. The molecule has 17 heavy (non-hydrogen) atoms. The highest BCUT2D eigenvalue weighted by Gasteiger charge is 2.22. The predicted molar refractivity (Wildman–Crippen MR) is 66.2 cm³/mol. The highest BCUT2D eigenvalue weighted by Crippen LogP contribution is 2.23. The molecule has 7 nitrogen and oxygen atoms in total. The van der Waals surface area contributed by atoms with Crippen molar-refractivity contribution in [3.8, 4) is 0 Å². The standard InChI is InChI=1S/C10H19N5O2/c1-7(2)11-5-6-12-9-10(15(16)17)13-8(3)14(9)4/h7,11-12H,5-6H2,1-4H3. The van der Waals surface area contributed by atoms with Crippen molar-refractivity contribution in [3.05, 3.63) is 15.9 Å². The Morgan fingerprint density at radius 2 is 2.12 bits per heavy atom. The second-order valence-electron chi connectivity index (χ2n) is 4.18. The third-order valence-electron chi connectivity index (χ3n) is 2.44. The molecule has 0 unspecified atom stereocenters. The Labute approximate surface area is 100 Å². The fourth-order valence-corrected chi connectivity index (χ4v) is 1.46. The van der Waals surface area contributed by atoms with E-state index in [2.05, 4.69) is 29.5 Å². The largest absolute Gasteiger partial charge is 0.406 e. The quantitative estimate of drug-likeness (QED) is 0.441. The molecule has 2 N–H and O–H groups in total. The molecule has 1 heterocycles. The van der Waals surface area contributed by atoms with Gasteiger partial charge in [0.2, 0.25) is 11.6 Å². The minimum atomic E-state index is -0.467. The molecule has 0 atom stereocenters. The third kappa shape index (κ3) is 3.42. The molecule has 0 radical (unpaired) electrons. The summed E-state index contributed by atoms with van der Waals surface area (Å²) < 4.78 is 1.69. The van der Waals surface area contributed by atoms with Gasteiger partial charge in [-0.3, -0.25) is 4.57 Å². The number of imidazole rings is 1. The third-order valence-corrected chi connectivity index (χ3v) is 2.44. The molecule has 1 rings (SSSR count). The fraction of sp³-hybridized carbons (Fsp3) is 0.700. The second kappa shape index (κ2) is 5.62. The molecule has 0 aliphatic heterocycles. The zero-order chi connectivity index (χ0) is 13.0. The number of hydrogen-bond acceptors (Lipinski definition) is 5. The normalized spacial score (nSPS) is 10.9. The van der Waals surface area contributed by atoms with Crippen LogP contribution in [0, 0.1) is 17.0 Å². The molecule has 0 aliphatic rings. The lowest BCUT2D eigenvalue weighted by Crippen LogP contribution is -2.28. The summed E-state index contributed by atoms with van der Waals surface area (Å²) in [4.78, 5) is 14.2. The van der Waals surface area contributed by atoms with Crippen molar-refractivity contribution in [2.75, 3.05) is 18.4 Å². The smallest absolute Gasteiger partial charge is 0.363 e. The molecular weight excluding hydrogens is 222 g/mol. The molecule has 0 aromatic carbocycles. The van der Waals surface area contributed by atoms with Crippen molar-refractivity contribution in [2.45, 2.75) is 26.8 Å². The van der Waals surface area contributed by atoms with Crippen LogP contribution in [0.2, 0.25) is 0 Å². The van der Waals surface area contributed by atoms with E-state index in [4.69, 9.17) is 0 Å². The van der Waals surface area contributed by atoms with Crippen LogP contribution in [0.1, 0.15) is 19.7 Å². The first kappa shape index (κ1) is 13.4. The Balaban J connectivity index is 2.66. The monoisotopic (exact) mass is 241 g/mol. The minimum Gasteiger partial charge on any atom is -0.363 e. The van der Waals surface area contributed by atoms with Gasteiger partial charge in [0, 0.05) is 33.1 Å². The van der Waals surface area contributed by atoms with E-state index in [1.54, 1.807) is 18.5 Å². The number of hydrogen-bond donors (Lipinski definition) is 2. The fourth-order valence-electron chi connectivity index (χ4n) is 1.46. The molecule has 1 aromatic rings. The van der Waals surface area contributed by atoms with Crippen molar-refractivity contribution >= 4 is 11.6 Å². The van der Waals surface area contributed by atoms with Crippen LogP contribution in [-0.4, -0.2) is 33.6 Å². The van der Waals surface area contributed by atoms with Crippen LogP contribution in [0.4, 0.5) is 11.6 Å². The molecule has 96 valence electrons. The van der Waals surface area contributed by atoms with E-state index in [1.807, 2.05) is 0 Å². The molecule has 0 bridgehead atoms. The number of nitro groups is 1. The highest BCUT2D eigenvalue weighted by atomic mass is 16.6. The molecule has 0 fully saturated rings. The number of nitrogens with zero attached hydrogens (tertiary/aromatic N) is 3. The molecule has 0 spiro atoms. The first-order valence-electron chi connectivity index (χ1n) is 5.58. The van der Waals surface area contributed by atoms with Gasteiger partial charge in [-0.15, -0.1) is 0 Å². The zero-order valence-electron chi connectivity index (χ0n) is 10.6. The van der Waals surface area contributed by atoms with Crippen molar-refractivity contribution in [3.63, 3.8) is 0 Å². The summed E-state index contributed by atoms with van der Waals surface area (Å²) in [5.41, 5.74) is 0. The first-order valence-corrected chi connectivity index (χ1v) is 5.58. The number of nitrogens with one attached hydrogen (secondary N) is 2. The maximum Gasteiger partial charge on any atom is 0.406 e. The van der Waals surface area contributed by atoms with Gasteiger partial charge in [0.25, 0.3) is 0 Å². The summed E-state index contributed by atoms with van der Waals surface area (Å²) in [5, 5.41) is 17.1. The van der Waals surface area contributed by atoms with Crippen molar-refractivity contribution in [1.29, 1.82) is 0 Å². The summed E-state index contributed by atoms with van der Waals surface area (Å²) in [6.07, 6.45) is 0. The van der Waals surface area contributed by atoms with E-state index in [9.17, 15) is 10.1 Å². The summed E-state index contributed by atoms with van der Waals surface area (Å²) >= 11 is 0. The Morgan fingerprint density at radius 1 is 1.47 bits per heavy atom. The average Bonchev–Trinajstić information content (AvgIpc) is 2.51. The lowest BCUT2D eigenvalue weighted by molar-refractivity contribution is -0.388. The van der Waals surface area contributed by atoms with Gasteiger partial charge in [-0.25, -0.2) is 0 Å². The lowest BCUT2D eigenvalue weighted by Gasteiger charge is -2.09. The summed E-state index contributed by atoms with van der Waals surface area (Å²) in [6.45, 7) is 7.22. The lowest BCUT2D eigenvalue weighted by atomic mass is 10.4. The van der Waals surface area contributed by atoms with Gasteiger partial charge in [0.1, 0.15) is 0 Å². The van der Waals surface area contributed by atoms with Crippen molar-refractivity contribution in [1.82, 2.24) is 14.9 Å². The van der Waals surface area contributed by atoms with E-state index in [-0.39, 0.29) is 5.82 Å². The number of aromatic nitrogens is 2. The van der Waals surface area contributed by atoms with E-state index in [0.29, 0.717) is 24.2 Å². The summed E-state index contributed by atoms with van der Waals surface area (Å²) in [5.74, 6) is 0.962. The van der Waals surface area contributed by atoms with Crippen LogP contribution in [0.15, 0.2) is 0 Å². The summed E-state index contributed by atoms with van der Waals surface area (Å²) in [6, 6.07) is 0.403. The molecule has 7 heteroatoms.